The Bertz CT molecular complexity index is 434. The zero-order valence-electron chi connectivity index (χ0n) is 10.5. The number of carbonyl (C=O) groups is 2. The lowest BCUT2D eigenvalue weighted by Crippen LogP contribution is -2.48. The molecule has 0 aromatic heterocycles. The number of carboxylic acids is 1. The zero-order valence-corrected chi connectivity index (χ0v) is 11.3. The van der Waals surface area contributed by atoms with Crippen molar-refractivity contribution in [1.29, 1.82) is 0 Å². The molecule has 7 nitrogen and oxygen atoms in total. The maximum Gasteiger partial charge on any atom is 0.326 e. The number of hydrogen-bond donors (Lipinski definition) is 1. The van der Waals surface area contributed by atoms with Gasteiger partial charge >= 0.3 is 12.0 Å². The Balaban J connectivity index is 2.70. The van der Waals surface area contributed by atoms with E-state index in [4.69, 9.17) is 5.11 Å². The fourth-order valence-electron chi connectivity index (χ4n) is 1.68. The van der Waals surface area contributed by atoms with E-state index < -0.39 is 27.9 Å². The first-order valence-corrected chi connectivity index (χ1v) is 7.52. The van der Waals surface area contributed by atoms with Gasteiger partial charge in [0.15, 0.2) is 9.84 Å². The molecule has 0 spiro atoms. The van der Waals surface area contributed by atoms with Crippen LogP contribution in [0.15, 0.2) is 0 Å². The summed E-state index contributed by atoms with van der Waals surface area (Å²) in [4.78, 5) is 25.3. The van der Waals surface area contributed by atoms with Crippen molar-refractivity contribution >= 4 is 21.8 Å². The van der Waals surface area contributed by atoms with Crippen LogP contribution in [0, 0.1) is 0 Å². The average Bonchev–Trinajstić information content (AvgIpc) is 2.47. The third-order valence-corrected chi connectivity index (χ3v) is 4.78. The van der Waals surface area contributed by atoms with Crippen molar-refractivity contribution in [1.82, 2.24) is 9.80 Å². The highest BCUT2D eigenvalue weighted by molar-refractivity contribution is 7.91. The van der Waals surface area contributed by atoms with Crippen LogP contribution in [-0.4, -0.2) is 73.0 Å². The standard InChI is InChI=1S/C10H18N2O5S/c1-8(9(13)14)11(2)10(15)12-4-3-6-18(16,17)7-5-12/h8H,3-7H2,1-2H3,(H,13,14). The number of sulfone groups is 1. The molecule has 18 heavy (non-hydrogen) atoms. The van der Waals surface area contributed by atoms with Crippen LogP contribution in [-0.2, 0) is 14.6 Å². The molecular formula is C10H18N2O5S. The Morgan fingerprint density at radius 2 is 1.89 bits per heavy atom. The lowest BCUT2D eigenvalue weighted by atomic mass is 10.3. The predicted molar refractivity (Wildman–Crippen MR) is 65.1 cm³/mol. The summed E-state index contributed by atoms with van der Waals surface area (Å²) in [5.74, 6) is -1.07. The number of hydrogen-bond acceptors (Lipinski definition) is 4. The summed E-state index contributed by atoms with van der Waals surface area (Å²) in [6, 6.07) is -1.38. The normalized spacial score (nSPS) is 20.9. The smallest absolute Gasteiger partial charge is 0.326 e. The van der Waals surface area contributed by atoms with E-state index in [0.29, 0.717) is 13.0 Å². The van der Waals surface area contributed by atoms with Crippen LogP contribution in [0.2, 0.25) is 0 Å². The van der Waals surface area contributed by atoms with Crippen molar-refractivity contribution < 1.29 is 23.1 Å². The molecule has 1 aliphatic rings. The minimum absolute atomic E-state index is 0.0615. The van der Waals surface area contributed by atoms with Gasteiger partial charge in [0.25, 0.3) is 0 Å². The molecule has 1 atom stereocenters. The van der Waals surface area contributed by atoms with Gasteiger partial charge in [-0.3, -0.25) is 0 Å². The summed E-state index contributed by atoms with van der Waals surface area (Å²) in [6.45, 7) is 1.88. The van der Waals surface area contributed by atoms with Crippen LogP contribution in [0.1, 0.15) is 13.3 Å². The lowest BCUT2D eigenvalue weighted by Gasteiger charge is -2.29. The maximum absolute atomic E-state index is 12.0. The van der Waals surface area contributed by atoms with Gasteiger partial charge in [-0.05, 0) is 13.3 Å². The molecule has 1 heterocycles. The highest BCUT2D eigenvalue weighted by atomic mass is 32.2. The molecule has 1 fully saturated rings. The summed E-state index contributed by atoms with van der Waals surface area (Å²) in [6.07, 6.45) is 0.392. The Morgan fingerprint density at radius 1 is 1.28 bits per heavy atom. The third kappa shape index (κ3) is 3.59. The van der Waals surface area contributed by atoms with Gasteiger partial charge in [0, 0.05) is 20.1 Å². The molecule has 2 amide bonds. The fourth-order valence-corrected chi connectivity index (χ4v) is 2.96. The molecular weight excluding hydrogens is 260 g/mol. The monoisotopic (exact) mass is 278 g/mol. The van der Waals surface area contributed by atoms with Crippen molar-refractivity contribution in [3.05, 3.63) is 0 Å². The number of aliphatic carboxylic acids is 1. The predicted octanol–water partition coefficient (Wildman–Crippen LogP) is -0.368. The molecule has 0 aliphatic carbocycles. The van der Waals surface area contributed by atoms with Crippen LogP contribution >= 0.6 is 0 Å². The molecule has 0 aromatic carbocycles. The molecule has 104 valence electrons. The van der Waals surface area contributed by atoms with E-state index in [1.54, 1.807) is 0 Å². The number of urea groups is 1. The van der Waals surface area contributed by atoms with Crippen molar-refractivity contribution in [2.45, 2.75) is 19.4 Å². The summed E-state index contributed by atoms with van der Waals surface area (Å²) in [5, 5.41) is 8.83. The number of rotatable bonds is 2. The highest BCUT2D eigenvalue weighted by Gasteiger charge is 2.28. The van der Waals surface area contributed by atoms with Gasteiger partial charge in [0.1, 0.15) is 6.04 Å². The van der Waals surface area contributed by atoms with Crippen LogP contribution in [0.4, 0.5) is 4.79 Å². The molecule has 0 saturated carbocycles. The zero-order chi connectivity index (χ0) is 13.9. The summed E-state index contributed by atoms with van der Waals surface area (Å²) < 4.78 is 22.8. The average molecular weight is 278 g/mol. The van der Waals surface area contributed by atoms with Crippen LogP contribution in [0.5, 0.6) is 0 Å². The molecule has 1 rings (SSSR count). The summed E-state index contributed by atoms with van der Waals surface area (Å²) in [5.41, 5.74) is 0. The van der Waals surface area contributed by atoms with Gasteiger partial charge < -0.3 is 14.9 Å². The minimum atomic E-state index is -3.08. The van der Waals surface area contributed by atoms with Gasteiger partial charge in [-0.1, -0.05) is 0 Å². The second kappa shape index (κ2) is 5.55. The lowest BCUT2D eigenvalue weighted by molar-refractivity contribution is -0.141. The number of likely N-dealkylation sites (N-methyl/N-ethyl adjacent to an activating group) is 1. The molecule has 0 aromatic rings. The van der Waals surface area contributed by atoms with E-state index in [1.165, 1.54) is 18.9 Å². The fraction of sp³-hybridized carbons (Fsp3) is 0.800. The van der Waals surface area contributed by atoms with E-state index in [0.717, 1.165) is 4.90 Å². The van der Waals surface area contributed by atoms with Gasteiger partial charge in [-0.15, -0.1) is 0 Å². The maximum atomic E-state index is 12.0. The Morgan fingerprint density at radius 3 is 2.44 bits per heavy atom. The number of nitrogens with zero attached hydrogens (tertiary/aromatic N) is 2. The van der Waals surface area contributed by atoms with E-state index in [1.807, 2.05) is 0 Å². The molecule has 0 bridgehead atoms. The van der Waals surface area contributed by atoms with Crippen LogP contribution in [0.25, 0.3) is 0 Å². The van der Waals surface area contributed by atoms with Crippen LogP contribution < -0.4 is 0 Å². The van der Waals surface area contributed by atoms with E-state index in [9.17, 15) is 18.0 Å². The van der Waals surface area contributed by atoms with Crippen molar-refractivity contribution in [3.63, 3.8) is 0 Å². The number of amides is 2. The minimum Gasteiger partial charge on any atom is -0.480 e. The first kappa shape index (κ1) is 14.7. The van der Waals surface area contributed by atoms with Gasteiger partial charge in [0.05, 0.1) is 11.5 Å². The molecule has 1 aliphatic heterocycles. The second-order valence-corrected chi connectivity index (χ2v) is 6.70. The highest BCUT2D eigenvalue weighted by Crippen LogP contribution is 2.09. The quantitative estimate of drug-likeness (QED) is 0.743. The largest absolute Gasteiger partial charge is 0.480 e. The SMILES string of the molecule is CC(C(=O)O)N(C)C(=O)N1CCCS(=O)(=O)CC1. The second-order valence-electron chi connectivity index (χ2n) is 4.40. The number of carbonyl (C=O) groups excluding carboxylic acids is 1. The molecule has 1 N–H and O–H groups in total. The summed E-state index contributed by atoms with van der Waals surface area (Å²) in [7, 11) is -1.67. The molecule has 0 radical (unpaired) electrons. The van der Waals surface area contributed by atoms with E-state index in [2.05, 4.69) is 0 Å². The van der Waals surface area contributed by atoms with Gasteiger partial charge in [0.2, 0.25) is 0 Å². The molecule has 1 saturated heterocycles. The topological polar surface area (TPSA) is 95.0 Å². The van der Waals surface area contributed by atoms with Gasteiger partial charge in [-0.2, -0.15) is 0 Å². The van der Waals surface area contributed by atoms with Crippen LogP contribution in [0.3, 0.4) is 0 Å². The molecule has 8 heteroatoms. The van der Waals surface area contributed by atoms with Crippen molar-refractivity contribution in [3.8, 4) is 0 Å². The number of carboxylic acid groups (broad SMARTS) is 1. The Kier molecular flexibility index (Phi) is 4.55. The first-order chi connectivity index (χ1) is 8.24. The Labute approximate surface area is 106 Å². The summed E-state index contributed by atoms with van der Waals surface area (Å²) >= 11 is 0. The van der Waals surface area contributed by atoms with Gasteiger partial charge in [-0.25, -0.2) is 18.0 Å². The molecule has 1 unspecified atom stereocenters. The van der Waals surface area contributed by atoms with E-state index >= 15 is 0 Å². The van der Waals surface area contributed by atoms with E-state index in [-0.39, 0.29) is 18.1 Å². The first-order valence-electron chi connectivity index (χ1n) is 5.69. The van der Waals surface area contributed by atoms with Crippen molar-refractivity contribution in [2.75, 3.05) is 31.6 Å². The van der Waals surface area contributed by atoms with Crippen molar-refractivity contribution in [2.24, 2.45) is 0 Å². The third-order valence-electron chi connectivity index (χ3n) is 3.07. The Hall–Kier alpha value is -1.31.